The number of carbonyl (C=O) groups is 1. The molecular weight excluding hydrogens is 407 g/mol. The number of hydrogen-bond donors (Lipinski definition) is 1. The molecule has 0 aliphatic rings. The highest BCUT2D eigenvalue weighted by atomic mass is 127. The molecule has 0 aliphatic heterocycles. The molecule has 0 fully saturated rings. The van der Waals surface area contributed by atoms with Gasteiger partial charge in [0.15, 0.2) is 0 Å². The van der Waals surface area contributed by atoms with E-state index in [1.165, 1.54) is 0 Å². The quantitative estimate of drug-likeness (QED) is 0.593. The summed E-state index contributed by atoms with van der Waals surface area (Å²) >= 11 is 5.50. The minimum Gasteiger partial charge on any atom is -0.320 e. The van der Waals surface area contributed by atoms with Crippen LogP contribution in [0.4, 0.5) is 5.69 Å². The number of aromatic nitrogens is 1. The Kier molecular flexibility index (Phi) is 4.34. The Bertz CT molecular complexity index is 584. The molecular formula is C13H10BrIN2O. The second-order valence-corrected chi connectivity index (χ2v) is 5.79. The lowest BCUT2D eigenvalue weighted by molar-refractivity contribution is 0.102. The van der Waals surface area contributed by atoms with Gasteiger partial charge in [0.2, 0.25) is 0 Å². The molecule has 1 heterocycles. The number of rotatable bonds is 2. The fraction of sp³-hybridized carbons (Fsp3) is 0.0769. The number of nitrogens with one attached hydrogen (secondary N) is 1. The van der Waals surface area contributed by atoms with Gasteiger partial charge >= 0.3 is 0 Å². The molecule has 2 rings (SSSR count). The standard InChI is InChI=1S/C13H10BrIN2O/c1-8-11(6-7-12(14)16-8)17-13(18)9-2-4-10(15)5-3-9/h2-7H,1H3,(H,17,18). The Morgan fingerprint density at radius 3 is 2.50 bits per heavy atom. The molecule has 92 valence electrons. The molecule has 1 aromatic carbocycles. The number of nitrogens with zero attached hydrogens (tertiary/aromatic N) is 1. The van der Waals surface area contributed by atoms with E-state index in [0.29, 0.717) is 5.56 Å². The molecule has 18 heavy (non-hydrogen) atoms. The van der Waals surface area contributed by atoms with Crippen LogP contribution in [0.3, 0.4) is 0 Å². The van der Waals surface area contributed by atoms with E-state index in [-0.39, 0.29) is 5.91 Å². The lowest BCUT2D eigenvalue weighted by Crippen LogP contribution is -2.13. The van der Waals surface area contributed by atoms with Crippen molar-refractivity contribution in [2.75, 3.05) is 5.32 Å². The predicted octanol–water partition coefficient (Wildman–Crippen LogP) is 4.01. The van der Waals surface area contributed by atoms with Crippen molar-refractivity contribution in [3.05, 3.63) is 55.8 Å². The van der Waals surface area contributed by atoms with Gasteiger partial charge in [0.05, 0.1) is 11.4 Å². The first-order chi connectivity index (χ1) is 8.56. The summed E-state index contributed by atoms with van der Waals surface area (Å²) < 4.78 is 1.86. The van der Waals surface area contributed by atoms with Crippen molar-refractivity contribution in [3.63, 3.8) is 0 Å². The number of benzene rings is 1. The van der Waals surface area contributed by atoms with E-state index in [1.54, 1.807) is 18.2 Å². The number of amides is 1. The molecule has 2 aromatic rings. The number of halogens is 2. The maximum Gasteiger partial charge on any atom is 0.255 e. The van der Waals surface area contributed by atoms with Crippen LogP contribution in [-0.4, -0.2) is 10.9 Å². The van der Waals surface area contributed by atoms with Gasteiger partial charge in [0, 0.05) is 9.13 Å². The summed E-state index contributed by atoms with van der Waals surface area (Å²) in [7, 11) is 0. The summed E-state index contributed by atoms with van der Waals surface area (Å²) in [6.07, 6.45) is 0. The summed E-state index contributed by atoms with van der Waals surface area (Å²) in [6.45, 7) is 1.86. The highest BCUT2D eigenvalue weighted by Gasteiger charge is 2.08. The molecule has 3 nitrogen and oxygen atoms in total. The number of pyridine rings is 1. The lowest BCUT2D eigenvalue weighted by atomic mass is 10.2. The number of aryl methyl sites for hydroxylation is 1. The molecule has 5 heteroatoms. The third-order valence-electron chi connectivity index (χ3n) is 2.41. The average Bonchev–Trinajstić information content (AvgIpc) is 2.33. The van der Waals surface area contributed by atoms with Crippen LogP contribution in [0.2, 0.25) is 0 Å². The first kappa shape index (κ1) is 13.5. The highest BCUT2D eigenvalue weighted by molar-refractivity contribution is 14.1. The zero-order chi connectivity index (χ0) is 13.1. The molecule has 0 unspecified atom stereocenters. The molecule has 0 saturated heterocycles. The van der Waals surface area contributed by atoms with Gasteiger partial charge in [-0.15, -0.1) is 0 Å². The average molecular weight is 417 g/mol. The molecule has 0 radical (unpaired) electrons. The van der Waals surface area contributed by atoms with E-state index in [4.69, 9.17) is 0 Å². The SMILES string of the molecule is Cc1nc(Br)ccc1NC(=O)c1ccc(I)cc1. The van der Waals surface area contributed by atoms with Gasteiger partial charge < -0.3 is 5.32 Å². The molecule has 1 amide bonds. The van der Waals surface area contributed by atoms with Crippen LogP contribution in [0.1, 0.15) is 16.1 Å². The van der Waals surface area contributed by atoms with Crippen LogP contribution < -0.4 is 5.32 Å². The van der Waals surface area contributed by atoms with Gasteiger partial charge in [-0.3, -0.25) is 4.79 Å². The van der Waals surface area contributed by atoms with Gasteiger partial charge in [0.25, 0.3) is 5.91 Å². The van der Waals surface area contributed by atoms with Crippen molar-refractivity contribution >= 4 is 50.1 Å². The van der Waals surface area contributed by atoms with Gasteiger partial charge in [-0.2, -0.15) is 0 Å². The minimum atomic E-state index is -0.126. The summed E-state index contributed by atoms with van der Waals surface area (Å²) in [6, 6.07) is 11.1. The van der Waals surface area contributed by atoms with Crippen molar-refractivity contribution in [3.8, 4) is 0 Å². The fourth-order valence-corrected chi connectivity index (χ4v) is 2.22. The zero-order valence-electron chi connectivity index (χ0n) is 9.58. The highest BCUT2D eigenvalue weighted by Crippen LogP contribution is 2.17. The Morgan fingerprint density at radius 2 is 1.89 bits per heavy atom. The van der Waals surface area contributed by atoms with Crippen molar-refractivity contribution < 1.29 is 4.79 Å². The Hall–Kier alpha value is -0.950. The van der Waals surface area contributed by atoms with E-state index in [2.05, 4.69) is 48.8 Å². The lowest BCUT2D eigenvalue weighted by Gasteiger charge is -2.08. The third-order valence-corrected chi connectivity index (χ3v) is 3.57. The van der Waals surface area contributed by atoms with Crippen LogP contribution in [0.25, 0.3) is 0 Å². The maximum absolute atomic E-state index is 12.0. The van der Waals surface area contributed by atoms with E-state index in [1.807, 2.05) is 25.1 Å². The van der Waals surface area contributed by atoms with Gasteiger partial charge in [-0.25, -0.2) is 4.98 Å². The Balaban J connectivity index is 2.18. The van der Waals surface area contributed by atoms with Gasteiger partial charge in [0.1, 0.15) is 4.60 Å². The topological polar surface area (TPSA) is 42.0 Å². The monoisotopic (exact) mass is 416 g/mol. The summed E-state index contributed by atoms with van der Waals surface area (Å²) in [5.41, 5.74) is 2.14. The normalized spacial score (nSPS) is 10.2. The number of anilines is 1. The summed E-state index contributed by atoms with van der Waals surface area (Å²) in [4.78, 5) is 16.2. The largest absolute Gasteiger partial charge is 0.320 e. The smallest absolute Gasteiger partial charge is 0.255 e. The van der Waals surface area contributed by atoms with Gasteiger partial charge in [-0.1, -0.05) is 0 Å². The van der Waals surface area contributed by atoms with Crippen LogP contribution in [-0.2, 0) is 0 Å². The van der Waals surface area contributed by atoms with Crippen molar-refractivity contribution in [1.82, 2.24) is 4.98 Å². The molecule has 0 bridgehead atoms. The first-order valence-electron chi connectivity index (χ1n) is 5.26. The second kappa shape index (κ2) is 5.79. The maximum atomic E-state index is 12.0. The molecule has 1 aromatic heterocycles. The molecule has 0 atom stereocenters. The Labute approximate surface area is 127 Å². The van der Waals surface area contributed by atoms with Crippen molar-refractivity contribution in [1.29, 1.82) is 0 Å². The van der Waals surface area contributed by atoms with Crippen LogP contribution in [0.5, 0.6) is 0 Å². The van der Waals surface area contributed by atoms with Crippen LogP contribution in [0, 0.1) is 10.5 Å². The molecule has 0 saturated carbocycles. The molecule has 1 N–H and O–H groups in total. The second-order valence-electron chi connectivity index (χ2n) is 3.73. The predicted molar refractivity (Wildman–Crippen MR) is 83.8 cm³/mol. The van der Waals surface area contributed by atoms with Crippen LogP contribution in [0.15, 0.2) is 41.0 Å². The Morgan fingerprint density at radius 1 is 1.22 bits per heavy atom. The van der Waals surface area contributed by atoms with Crippen molar-refractivity contribution in [2.24, 2.45) is 0 Å². The molecule has 0 spiro atoms. The van der Waals surface area contributed by atoms with E-state index in [9.17, 15) is 4.79 Å². The number of carbonyl (C=O) groups excluding carboxylic acids is 1. The molecule has 0 aliphatic carbocycles. The first-order valence-corrected chi connectivity index (χ1v) is 7.13. The third kappa shape index (κ3) is 3.29. The van der Waals surface area contributed by atoms with E-state index in [0.717, 1.165) is 19.6 Å². The van der Waals surface area contributed by atoms with Crippen molar-refractivity contribution in [2.45, 2.75) is 6.92 Å². The fourth-order valence-electron chi connectivity index (χ4n) is 1.46. The van der Waals surface area contributed by atoms with E-state index < -0.39 is 0 Å². The summed E-state index contributed by atoms with van der Waals surface area (Å²) in [5, 5.41) is 2.85. The summed E-state index contributed by atoms with van der Waals surface area (Å²) in [5.74, 6) is -0.126. The number of hydrogen-bond acceptors (Lipinski definition) is 2. The van der Waals surface area contributed by atoms with Crippen LogP contribution >= 0.6 is 38.5 Å². The zero-order valence-corrected chi connectivity index (χ0v) is 13.3. The minimum absolute atomic E-state index is 0.126. The van der Waals surface area contributed by atoms with Gasteiger partial charge in [-0.05, 0) is 81.8 Å². The van der Waals surface area contributed by atoms with E-state index >= 15 is 0 Å².